The number of phenolic OH excluding ortho intramolecular Hbond substituents is 1. The van der Waals surface area contributed by atoms with Crippen LogP contribution in [0.4, 0.5) is 5.69 Å². The lowest BCUT2D eigenvalue weighted by atomic mass is 9.94. The van der Waals surface area contributed by atoms with Crippen LogP contribution in [0.25, 0.3) is 5.76 Å². The number of Topliss-reactive ketones (excluding diaryl/α,β-unsaturated/α-hetero) is 1. The third-order valence-electron chi connectivity index (χ3n) is 7.05. The Hall–Kier alpha value is -4.26. The number of nitrogens with zero attached hydrogens (tertiary/aromatic N) is 1. The summed E-state index contributed by atoms with van der Waals surface area (Å²) < 4.78 is 11.4. The molecule has 2 atom stereocenters. The monoisotopic (exact) mass is 513 g/mol. The van der Waals surface area contributed by atoms with E-state index in [1.807, 2.05) is 31.2 Å². The molecule has 196 valence electrons. The van der Waals surface area contributed by atoms with Crippen LogP contribution in [0.2, 0.25) is 0 Å². The van der Waals surface area contributed by atoms with Crippen molar-refractivity contribution in [1.82, 2.24) is 0 Å². The van der Waals surface area contributed by atoms with Crippen LogP contribution in [0.15, 0.2) is 66.2 Å². The molecule has 1 saturated heterocycles. The first-order chi connectivity index (χ1) is 18.2. The molecule has 2 aliphatic rings. The lowest BCUT2D eigenvalue weighted by Gasteiger charge is -2.26. The van der Waals surface area contributed by atoms with Gasteiger partial charge in [-0.05, 0) is 78.9 Å². The van der Waals surface area contributed by atoms with Crippen molar-refractivity contribution in [3.05, 3.63) is 88.5 Å². The fourth-order valence-electron chi connectivity index (χ4n) is 5.13. The van der Waals surface area contributed by atoms with E-state index in [1.54, 1.807) is 37.3 Å². The number of rotatable bonds is 6. The molecule has 5 rings (SSSR count). The van der Waals surface area contributed by atoms with E-state index in [-0.39, 0.29) is 28.9 Å². The molecule has 3 aromatic carbocycles. The SMILES string of the molecule is CCOc1cc(C2/C(=C(\O)c3ccc4c(c3)CC(C)O4)C(=O)C(=O)N2c2ccc(C(C)C)cc2)ccc1O. The van der Waals surface area contributed by atoms with Crippen molar-refractivity contribution in [3.63, 3.8) is 0 Å². The standard InChI is InChI=1S/C31H31NO6/c1-5-37-26-16-20(8-12-24(26)33)28-27(29(34)21-9-13-25-22(15-21)14-18(4)38-25)30(35)31(36)32(28)23-10-6-19(7-11-23)17(2)3/h6-13,15-18,28,33-34H,5,14H2,1-4H3/b29-27+. The number of anilines is 1. The van der Waals surface area contributed by atoms with Gasteiger partial charge >= 0.3 is 0 Å². The first-order valence-corrected chi connectivity index (χ1v) is 12.9. The number of hydrogen-bond donors (Lipinski definition) is 2. The minimum Gasteiger partial charge on any atom is -0.507 e. The molecule has 0 radical (unpaired) electrons. The number of benzene rings is 3. The van der Waals surface area contributed by atoms with Crippen molar-refractivity contribution < 1.29 is 29.3 Å². The number of ether oxygens (including phenoxy) is 2. The molecule has 7 heteroatoms. The number of amides is 1. The van der Waals surface area contributed by atoms with Crippen LogP contribution in [0.1, 0.15) is 61.9 Å². The summed E-state index contributed by atoms with van der Waals surface area (Å²) in [6, 6.07) is 16.5. The Labute approximate surface area is 221 Å². The molecule has 0 bridgehead atoms. The van der Waals surface area contributed by atoms with E-state index in [9.17, 15) is 19.8 Å². The zero-order valence-electron chi connectivity index (χ0n) is 21.9. The maximum Gasteiger partial charge on any atom is 0.300 e. The molecule has 0 saturated carbocycles. The van der Waals surface area contributed by atoms with Crippen LogP contribution in [0.3, 0.4) is 0 Å². The number of fused-ring (bicyclic) bond motifs is 1. The Morgan fingerprint density at radius 2 is 1.82 bits per heavy atom. The molecule has 38 heavy (non-hydrogen) atoms. The highest BCUT2D eigenvalue weighted by Gasteiger charge is 2.47. The maximum absolute atomic E-state index is 13.5. The summed E-state index contributed by atoms with van der Waals surface area (Å²) in [6.45, 7) is 8.25. The van der Waals surface area contributed by atoms with Gasteiger partial charge in [-0.1, -0.05) is 32.0 Å². The molecule has 1 fully saturated rings. The lowest BCUT2D eigenvalue weighted by molar-refractivity contribution is -0.132. The van der Waals surface area contributed by atoms with Crippen molar-refractivity contribution in [2.75, 3.05) is 11.5 Å². The van der Waals surface area contributed by atoms with Crippen LogP contribution in [0, 0.1) is 0 Å². The Kier molecular flexibility index (Phi) is 6.61. The number of ketones is 1. The molecule has 2 N–H and O–H groups in total. The van der Waals surface area contributed by atoms with E-state index in [2.05, 4.69) is 13.8 Å². The number of aliphatic hydroxyl groups is 1. The van der Waals surface area contributed by atoms with E-state index in [0.29, 0.717) is 35.8 Å². The first-order valence-electron chi connectivity index (χ1n) is 12.9. The highest BCUT2D eigenvalue weighted by molar-refractivity contribution is 6.51. The zero-order chi connectivity index (χ0) is 27.1. The fourth-order valence-corrected chi connectivity index (χ4v) is 5.13. The number of aliphatic hydroxyl groups excluding tert-OH is 1. The van der Waals surface area contributed by atoms with Gasteiger partial charge in [0.1, 0.15) is 17.6 Å². The normalized spacial score (nSPS) is 20.1. The summed E-state index contributed by atoms with van der Waals surface area (Å²) >= 11 is 0. The van der Waals surface area contributed by atoms with E-state index in [4.69, 9.17) is 9.47 Å². The van der Waals surface area contributed by atoms with Gasteiger partial charge < -0.3 is 19.7 Å². The predicted molar refractivity (Wildman–Crippen MR) is 145 cm³/mol. The van der Waals surface area contributed by atoms with Gasteiger partial charge in [0.25, 0.3) is 11.7 Å². The number of aromatic hydroxyl groups is 1. The Morgan fingerprint density at radius 1 is 1.08 bits per heavy atom. The van der Waals surface area contributed by atoms with Gasteiger partial charge in [-0.2, -0.15) is 0 Å². The summed E-state index contributed by atoms with van der Waals surface area (Å²) in [4.78, 5) is 28.4. The fraction of sp³-hybridized carbons (Fsp3) is 0.290. The first kappa shape index (κ1) is 25.4. The minimum atomic E-state index is -0.928. The van der Waals surface area contributed by atoms with E-state index in [0.717, 1.165) is 16.9 Å². The third-order valence-corrected chi connectivity index (χ3v) is 7.05. The van der Waals surface area contributed by atoms with Crippen molar-refractivity contribution in [2.45, 2.75) is 52.2 Å². The number of hydrogen-bond acceptors (Lipinski definition) is 6. The summed E-state index contributed by atoms with van der Waals surface area (Å²) in [6.07, 6.45) is 0.710. The van der Waals surface area contributed by atoms with E-state index in [1.165, 1.54) is 11.0 Å². The minimum absolute atomic E-state index is 0.0239. The highest BCUT2D eigenvalue weighted by Crippen LogP contribution is 2.44. The Balaban J connectivity index is 1.68. The summed E-state index contributed by atoms with van der Waals surface area (Å²) in [5, 5.41) is 21.8. The van der Waals surface area contributed by atoms with Gasteiger partial charge in [0.2, 0.25) is 0 Å². The summed E-state index contributed by atoms with van der Waals surface area (Å²) in [5.74, 6) is -0.558. The van der Waals surface area contributed by atoms with Crippen LogP contribution < -0.4 is 14.4 Å². The van der Waals surface area contributed by atoms with Gasteiger partial charge in [-0.3, -0.25) is 14.5 Å². The average molecular weight is 514 g/mol. The second-order valence-electron chi connectivity index (χ2n) is 10.0. The number of phenols is 1. The second-order valence-corrected chi connectivity index (χ2v) is 10.0. The molecule has 2 unspecified atom stereocenters. The van der Waals surface area contributed by atoms with E-state index >= 15 is 0 Å². The molecular weight excluding hydrogens is 482 g/mol. The lowest BCUT2D eigenvalue weighted by Crippen LogP contribution is -2.29. The number of carbonyl (C=O) groups is 2. The Bertz CT molecular complexity index is 1440. The van der Waals surface area contributed by atoms with Gasteiger partial charge in [0, 0.05) is 17.7 Å². The van der Waals surface area contributed by atoms with Crippen molar-refractivity contribution in [1.29, 1.82) is 0 Å². The van der Waals surface area contributed by atoms with Crippen molar-refractivity contribution in [2.24, 2.45) is 0 Å². The predicted octanol–water partition coefficient (Wildman–Crippen LogP) is 5.86. The smallest absolute Gasteiger partial charge is 0.300 e. The third kappa shape index (κ3) is 4.38. The molecule has 7 nitrogen and oxygen atoms in total. The second kappa shape index (κ2) is 9.89. The average Bonchev–Trinajstić information content (AvgIpc) is 3.40. The van der Waals surface area contributed by atoms with Crippen LogP contribution in [-0.2, 0) is 16.0 Å². The molecule has 3 aromatic rings. The molecule has 0 aromatic heterocycles. The summed E-state index contributed by atoms with van der Waals surface area (Å²) in [5.41, 5.74) is 3.49. The molecule has 1 amide bonds. The molecule has 0 aliphatic carbocycles. The van der Waals surface area contributed by atoms with Crippen molar-refractivity contribution >= 4 is 23.1 Å². The Morgan fingerprint density at radius 3 is 2.50 bits per heavy atom. The molecule has 0 spiro atoms. The van der Waals surface area contributed by atoms with E-state index < -0.39 is 17.7 Å². The number of carbonyl (C=O) groups excluding carboxylic acids is 2. The molecular formula is C31H31NO6. The van der Waals surface area contributed by atoms with Crippen LogP contribution >= 0.6 is 0 Å². The van der Waals surface area contributed by atoms with Crippen LogP contribution in [-0.4, -0.2) is 34.6 Å². The maximum atomic E-state index is 13.5. The summed E-state index contributed by atoms with van der Waals surface area (Å²) in [7, 11) is 0. The largest absolute Gasteiger partial charge is 0.507 e. The van der Waals surface area contributed by atoms with Crippen molar-refractivity contribution in [3.8, 4) is 17.2 Å². The topological polar surface area (TPSA) is 96.3 Å². The quantitative estimate of drug-likeness (QED) is 0.243. The van der Waals surface area contributed by atoms with Crippen LogP contribution in [0.5, 0.6) is 17.2 Å². The zero-order valence-corrected chi connectivity index (χ0v) is 21.9. The van der Waals surface area contributed by atoms with Gasteiger partial charge in [-0.25, -0.2) is 0 Å². The van der Waals surface area contributed by atoms with Gasteiger partial charge in [0.05, 0.1) is 18.2 Å². The van der Waals surface area contributed by atoms with Gasteiger partial charge in [0.15, 0.2) is 11.5 Å². The highest BCUT2D eigenvalue weighted by atomic mass is 16.5. The molecule has 2 heterocycles. The molecule has 2 aliphatic heterocycles. The van der Waals surface area contributed by atoms with Gasteiger partial charge in [-0.15, -0.1) is 0 Å².